The van der Waals surface area contributed by atoms with E-state index in [0.717, 1.165) is 45.8 Å². The minimum Gasteiger partial charge on any atom is -0.379 e. The Morgan fingerprint density at radius 3 is 2.92 bits per heavy atom. The van der Waals surface area contributed by atoms with Crippen LogP contribution in [0.5, 0.6) is 0 Å². The minimum absolute atomic E-state index is 0.0871. The van der Waals surface area contributed by atoms with Gasteiger partial charge in [0.2, 0.25) is 5.95 Å². The molecule has 4 heterocycles. The second-order valence-corrected chi connectivity index (χ2v) is 8.10. The van der Waals surface area contributed by atoms with Gasteiger partial charge in [0.15, 0.2) is 5.82 Å². The maximum absolute atomic E-state index is 13.1. The summed E-state index contributed by atoms with van der Waals surface area (Å²) in [5, 5.41) is 2.14. The van der Waals surface area contributed by atoms with Crippen LogP contribution in [-0.2, 0) is 11.3 Å². The fraction of sp³-hybridized carbons (Fsp3) is 0.556. The molecule has 2 aliphatic heterocycles. The van der Waals surface area contributed by atoms with E-state index in [1.54, 1.807) is 0 Å². The van der Waals surface area contributed by atoms with E-state index in [9.17, 15) is 4.39 Å². The van der Waals surface area contributed by atoms with Gasteiger partial charge in [-0.3, -0.25) is 4.90 Å². The highest BCUT2D eigenvalue weighted by Crippen LogP contribution is 2.34. The number of likely N-dealkylation sites (tertiary alicyclic amines) is 1. The van der Waals surface area contributed by atoms with Gasteiger partial charge in [-0.2, -0.15) is 0 Å². The lowest BCUT2D eigenvalue weighted by Gasteiger charge is -2.43. The monoisotopic (exact) mass is 362 g/mol. The van der Waals surface area contributed by atoms with Gasteiger partial charge in [-0.15, -0.1) is 11.3 Å². The standard InChI is InChI=1S/C18H23FN4OS/c19-15-9-20-17(21-10-15)23-6-7-24-14-18(13-23)4-2-5-22(12-18)11-16-3-1-8-25-16/h1,3,8-10H,2,4-7,11-14H2. The summed E-state index contributed by atoms with van der Waals surface area (Å²) in [6.07, 6.45) is 4.80. The Bertz CT molecular complexity index is 681. The molecule has 25 heavy (non-hydrogen) atoms. The smallest absolute Gasteiger partial charge is 0.225 e. The second-order valence-electron chi connectivity index (χ2n) is 7.07. The van der Waals surface area contributed by atoms with E-state index < -0.39 is 5.82 Å². The van der Waals surface area contributed by atoms with E-state index in [2.05, 4.69) is 37.3 Å². The van der Waals surface area contributed by atoms with Gasteiger partial charge in [-0.05, 0) is 30.8 Å². The van der Waals surface area contributed by atoms with Crippen molar-refractivity contribution in [3.63, 3.8) is 0 Å². The van der Waals surface area contributed by atoms with E-state index in [4.69, 9.17) is 4.74 Å². The third kappa shape index (κ3) is 3.99. The molecule has 0 N–H and O–H groups in total. The van der Waals surface area contributed by atoms with Crippen LogP contribution in [0.4, 0.5) is 10.3 Å². The average molecular weight is 362 g/mol. The molecular formula is C18H23FN4OS. The van der Waals surface area contributed by atoms with Crippen LogP contribution in [0.2, 0.25) is 0 Å². The van der Waals surface area contributed by atoms with E-state index in [-0.39, 0.29) is 5.41 Å². The molecule has 0 amide bonds. The van der Waals surface area contributed by atoms with Crippen molar-refractivity contribution in [2.75, 3.05) is 44.3 Å². The van der Waals surface area contributed by atoms with Crippen molar-refractivity contribution in [2.24, 2.45) is 5.41 Å². The molecule has 4 rings (SSSR count). The zero-order chi connectivity index (χ0) is 17.1. The topological polar surface area (TPSA) is 41.5 Å². The normalized spacial score (nSPS) is 25.2. The number of nitrogens with zero attached hydrogens (tertiary/aromatic N) is 4. The van der Waals surface area contributed by atoms with Crippen LogP contribution in [-0.4, -0.2) is 54.3 Å². The molecule has 2 aromatic rings. The molecule has 1 atom stereocenters. The Morgan fingerprint density at radius 2 is 2.12 bits per heavy atom. The molecule has 0 aromatic carbocycles. The Labute approximate surface area is 151 Å². The predicted molar refractivity (Wildman–Crippen MR) is 96.3 cm³/mol. The van der Waals surface area contributed by atoms with Crippen molar-refractivity contribution in [3.8, 4) is 0 Å². The van der Waals surface area contributed by atoms with Crippen LogP contribution in [0.3, 0.4) is 0 Å². The van der Waals surface area contributed by atoms with Gasteiger partial charge in [0.25, 0.3) is 0 Å². The van der Waals surface area contributed by atoms with Gasteiger partial charge < -0.3 is 9.64 Å². The van der Waals surface area contributed by atoms with Gasteiger partial charge in [-0.1, -0.05) is 6.07 Å². The number of anilines is 1. The Kier molecular flexibility index (Phi) is 4.96. The third-order valence-electron chi connectivity index (χ3n) is 5.03. The Morgan fingerprint density at radius 1 is 1.24 bits per heavy atom. The maximum Gasteiger partial charge on any atom is 0.225 e. The Hall–Kier alpha value is -1.57. The van der Waals surface area contributed by atoms with Crippen molar-refractivity contribution in [1.82, 2.24) is 14.9 Å². The van der Waals surface area contributed by atoms with Crippen LogP contribution in [0, 0.1) is 11.2 Å². The van der Waals surface area contributed by atoms with Gasteiger partial charge in [-0.25, -0.2) is 14.4 Å². The summed E-state index contributed by atoms with van der Waals surface area (Å²) in [5.74, 6) is 0.200. The maximum atomic E-state index is 13.1. The molecule has 7 heteroatoms. The highest BCUT2D eigenvalue weighted by Gasteiger charge is 2.39. The van der Waals surface area contributed by atoms with Gasteiger partial charge >= 0.3 is 0 Å². The molecule has 2 aromatic heterocycles. The molecule has 2 fully saturated rings. The summed E-state index contributed by atoms with van der Waals surface area (Å²) in [6.45, 7) is 6.19. The summed E-state index contributed by atoms with van der Waals surface area (Å²) in [5.41, 5.74) is 0.0871. The lowest BCUT2D eigenvalue weighted by Crippen LogP contribution is -2.50. The molecular weight excluding hydrogens is 339 g/mol. The van der Waals surface area contributed by atoms with Crippen molar-refractivity contribution >= 4 is 17.3 Å². The summed E-state index contributed by atoms with van der Waals surface area (Å²) in [7, 11) is 0. The van der Waals surface area contributed by atoms with E-state index in [1.165, 1.54) is 23.7 Å². The first kappa shape index (κ1) is 16.9. The van der Waals surface area contributed by atoms with E-state index in [1.807, 2.05) is 11.3 Å². The zero-order valence-electron chi connectivity index (χ0n) is 14.2. The molecule has 0 radical (unpaired) electrons. The minimum atomic E-state index is -0.399. The van der Waals surface area contributed by atoms with Crippen molar-refractivity contribution in [3.05, 3.63) is 40.6 Å². The second kappa shape index (κ2) is 7.35. The first-order valence-electron chi connectivity index (χ1n) is 8.77. The summed E-state index contributed by atoms with van der Waals surface area (Å²) in [4.78, 5) is 14.4. The first-order chi connectivity index (χ1) is 12.2. The van der Waals surface area contributed by atoms with Crippen molar-refractivity contribution < 1.29 is 9.13 Å². The quantitative estimate of drug-likeness (QED) is 0.840. The van der Waals surface area contributed by atoms with Crippen LogP contribution in [0.1, 0.15) is 17.7 Å². The molecule has 1 unspecified atom stereocenters. The molecule has 5 nitrogen and oxygen atoms in total. The fourth-order valence-corrected chi connectivity index (χ4v) is 4.69. The highest BCUT2D eigenvalue weighted by atomic mass is 32.1. The van der Waals surface area contributed by atoms with Crippen molar-refractivity contribution in [2.45, 2.75) is 19.4 Å². The number of hydrogen-bond acceptors (Lipinski definition) is 6. The van der Waals surface area contributed by atoms with Gasteiger partial charge in [0.1, 0.15) is 0 Å². The van der Waals surface area contributed by atoms with Gasteiger partial charge in [0.05, 0.1) is 25.6 Å². The van der Waals surface area contributed by atoms with Crippen LogP contribution < -0.4 is 4.90 Å². The molecule has 2 saturated heterocycles. The van der Waals surface area contributed by atoms with Crippen LogP contribution in [0.15, 0.2) is 29.9 Å². The third-order valence-corrected chi connectivity index (χ3v) is 5.89. The molecule has 1 spiro atoms. The number of halogens is 1. The zero-order valence-corrected chi connectivity index (χ0v) is 15.1. The highest BCUT2D eigenvalue weighted by molar-refractivity contribution is 7.09. The first-order valence-corrected chi connectivity index (χ1v) is 9.65. The Balaban J connectivity index is 1.49. The molecule has 0 bridgehead atoms. The number of rotatable bonds is 3. The summed E-state index contributed by atoms with van der Waals surface area (Å²) < 4.78 is 19.1. The lowest BCUT2D eigenvalue weighted by molar-refractivity contribution is 0.0109. The molecule has 0 saturated carbocycles. The predicted octanol–water partition coefficient (Wildman–Crippen LogP) is 2.80. The molecule has 2 aliphatic rings. The molecule has 134 valence electrons. The average Bonchev–Trinajstić information content (AvgIpc) is 3.04. The number of hydrogen-bond donors (Lipinski definition) is 0. The number of ether oxygens (including phenoxy) is 1. The number of aromatic nitrogens is 2. The summed E-state index contributed by atoms with van der Waals surface area (Å²) in [6, 6.07) is 4.32. The largest absolute Gasteiger partial charge is 0.379 e. The molecule has 0 aliphatic carbocycles. The lowest BCUT2D eigenvalue weighted by atomic mass is 9.80. The number of thiophene rings is 1. The van der Waals surface area contributed by atoms with E-state index in [0.29, 0.717) is 12.6 Å². The number of piperidine rings is 1. The van der Waals surface area contributed by atoms with Crippen LogP contribution in [0.25, 0.3) is 0 Å². The fourth-order valence-electron chi connectivity index (χ4n) is 3.95. The van der Waals surface area contributed by atoms with E-state index >= 15 is 0 Å². The van der Waals surface area contributed by atoms with Gasteiger partial charge in [0, 0.05) is 36.5 Å². The van der Waals surface area contributed by atoms with Crippen molar-refractivity contribution in [1.29, 1.82) is 0 Å². The SMILES string of the molecule is Fc1cnc(N2CCOCC3(CCCN(Cc4cccs4)C3)C2)nc1. The summed E-state index contributed by atoms with van der Waals surface area (Å²) >= 11 is 1.82. The van der Waals surface area contributed by atoms with Crippen LogP contribution >= 0.6 is 11.3 Å².